The van der Waals surface area contributed by atoms with Crippen molar-refractivity contribution < 1.29 is 14.6 Å². The van der Waals surface area contributed by atoms with Gasteiger partial charge in [0.05, 0.1) is 18.8 Å². The van der Waals surface area contributed by atoms with E-state index in [9.17, 15) is 4.79 Å². The summed E-state index contributed by atoms with van der Waals surface area (Å²) < 4.78 is 5.49. The lowest BCUT2D eigenvalue weighted by atomic mass is 10.1. The van der Waals surface area contributed by atoms with Crippen LogP contribution < -0.4 is 0 Å². The number of hydrogen-bond donors (Lipinski definition) is 1. The summed E-state index contributed by atoms with van der Waals surface area (Å²) >= 11 is 0. The zero-order chi connectivity index (χ0) is 13.1. The minimum absolute atomic E-state index is 0.0170. The average Bonchev–Trinajstić information content (AvgIpc) is 2.32. The highest BCUT2D eigenvalue weighted by Crippen LogP contribution is 2.14. The van der Waals surface area contributed by atoms with E-state index < -0.39 is 0 Å². The number of rotatable bonds is 4. The molecular weight excluding hydrogens is 230 g/mol. The van der Waals surface area contributed by atoms with Crippen LogP contribution >= 0.6 is 0 Å². The van der Waals surface area contributed by atoms with Gasteiger partial charge in [-0.25, -0.2) is 0 Å². The van der Waals surface area contributed by atoms with Gasteiger partial charge in [0.15, 0.2) is 0 Å². The first kappa shape index (κ1) is 13.1. The van der Waals surface area contributed by atoms with E-state index in [0.717, 1.165) is 5.56 Å². The SMILES string of the molecule is CC(C)OCc1ccc(C(=O)N2CC(O)C2)cc1. The third-order valence-electron chi connectivity index (χ3n) is 2.93. The van der Waals surface area contributed by atoms with E-state index in [2.05, 4.69) is 0 Å². The predicted molar refractivity (Wildman–Crippen MR) is 68.3 cm³/mol. The normalized spacial score (nSPS) is 15.9. The topological polar surface area (TPSA) is 49.8 Å². The zero-order valence-corrected chi connectivity index (χ0v) is 10.8. The minimum atomic E-state index is -0.354. The van der Waals surface area contributed by atoms with Crippen molar-refractivity contribution in [2.45, 2.75) is 32.7 Å². The van der Waals surface area contributed by atoms with Gasteiger partial charge >= 0.3 is 0 Å². The highest BCUT2D eigenvalue weighted by atomic mass is 16.5. The predicted octanol–water partition coefficient (Wildman–Crippen LogP) is 1.43. The first-order valence-corrected chi connectivity index (χ1v) is 6.24. The number of benzene rings is 1. The van der Waals surface area contributed by atoms with E-state index in [0.29, 0.717) is 25.3 Å². The maximum atomic E-state index is 11.9. The van der Waals surface area contributed by atoms with Crippen LogP contribution in [0, 0.1) is 0 Å². The molecule has 18 heavy (non-hydrogen) atoms. The van der Waals surface area contributed by atoms with Crippen molar-refractivity contribution in [1.82, 2.24) is 4.90 Å². The number of aliphatic hydroxyl groups excluding tert-OH is 1. The summed E-state index contributed by atoms with van der Waals surface area (Å²) in [7, 11) is 0. The Kier molecular flexibility index (Phi) is 3.99. The van der Waals surface area contributed by atoms with Gasteiger partial charge in [0.1, 0.15) is 0 Å². The molecule has 98 valence electrons. The molecule has 0 saturated carbocycles. The third kappa shape index (κ3) is 3.09. The Bertz CT molecular complexity index is 408. The Morgan fingerprint density at radius 2 is 2.00 bits per heavy atom. The molecule has 2 rings (SSSR count). The Morgan fingerprint density at radius 3 is 2.50 bits per heavy atom. The third-order valence-corrected chi connectivity index (χ3v) is 2.93. The molecule has 1 aliphatic rings. The quantitative estimate of drug-likeness (QED) is 0.878. The fraction of sp³-hybridized carbons (Fsp3) is 0.500. The van der Waals surface area contributed by atoms with Crippen LogP contribution in [0.4, 0.5) is 0 Å². The van der Waals surface area contributed by atoms with Gasteiger partial charge in [0.2, 0.25) is 0 Å². The van der Waals surface area contributed by atoms with Crippen molar-refractivity contribution >= 4 is 5.91 Å². The van der Waals surface area contributed by atoms with Crippen molar-refractivity contribution in [3.8, 4) is 0 Å². The fourth-order valence-electron chi connectivity index (χ4n) is 1.81. The molecule has 1 fully saturated rings. The number of aliphatic hydroxyl groups is 1. The summed E-state index contributed by atoms with van der Waals surface area (Å²) in [6.07, 6.45) is -0.151. The number of likely N-dealkylation sites (tertiary alicyclic amines) is 1. The van der Waals surface area contributed by atoms with Crippen LogP contribution in [-0.4, -0.2) is 41.2 Å². The van der Waals surface area contributed by atoms with Gasteiger partial charge in [-0.2, -0.15) is 0 Å². The molecule has 4 nitrogen and oxygen atoms in total. The lowest BCUT2D eigenvalue weighted by Crippen LogP contribution is -2.53. The van der Waals surface area contributed by atoms with Gasteiger partial charge in [0.25, 0.3) is 5.91 Å². The summed E-state index contributed by atoms with van der Waals surface area (Å²) in [6, 6.07) is 7.44. The Morgan fingerprint density at radius 1 is 1.39 bits per heavy atom. The van der Waals surface area contributed by atoms with Gasteiger partial charge in [-0.05, 0) is 31.5 Å². The highest BCUT2D eigenvalue weighted by molar-refractivity contribution is 5.94. The molecule has 1 aromatic carbocycles. The molecule has 1 N–H and O–H groups in total. The van der Waals surface area contributed by atoms with Crippen molar-refractivity contribution in [3.63, 3.8) is 0 Å². The van der Waals surface area contributed by atoms with Crippen molar-refractivity contribution in [3.05, 3.63) is 35.4 Å². The number of amides is 1. The molecule has 0 aliphatic carbocycles. The van der Waals surface area contributed by atoms with Gasteiger partial charge < -0.3 is 14.7 Å². The fourth-order valence-corrected chi connectivity index (χ4v) is 1.81. The number of ether oxygens (including phenoxy) is 1. The monoisotopic (exact) mass is 249 g/mol. The molecule has 0 aromatic heterocycles. The second-order valence-electron chi connectivity index (χ2n) is 4.92. The van der Waals surface area contributed by atoms with Crippen LogP contribution in [0.5, 0.6) is 0 Å². The van der Waals surface area contributed by atoms with Gasteiger partial charge in [-0.1, -0.05) is 12.1 Å². The second-order valence-corrected chi connectivity index (χ2v) is 4.92. The number of hydrogen-bond acceptors (Lipinski definition) is 3. The molecule has 1 amide bonds. The average molecular weight is 249 g/mol. The number of nitrogens with zero attached hydrogens (tertiary/aromatic N) is 1. The maximum Gasteiger partial charge on any atom is 0.254 e. The van der Waals surface area contributed by atoms with E-state index in [4.69, 9.17) is 9.84 Å². The van der Waals surface area contributed by atoms with E-state index >= 15 is 0 Å². The molecule has 0 spiro atoms. The molecule has 0 bridgehead atoms. The van der Waals surface area contributed by atoms with Crippen LogP contribution in [0.15, 0.2) is 24.3 Å². The standard InChI is InChI=1S/C14H19NO3/c1-10(2)18-9-11-3-5-12(6-4-11)14(17)15-7-13(16)8-15/h3-6,10,13,16H,7-9H2,1-2H3. The molecule has 0 atom stereocenters. The van der Waals surface area contributed by atoms with E-state index in [1.807, 2.05) is 38.1 Å². The molecular formula is C14H19NO3. The molecule has 1 heterocycles. The number of carbonyl (C=O) groups is 1. The van der Waals surface area contributed by atoms with Crippen LogP contribution in [0.25, 0.3) is 0 Å². The number of β-amino-alcohol motifs (C(OH)–C–C–N with tert-alkyl or cyclic N) is 1. The highest BCUT2D eigenvalue weighted by Gasteiger charge is 2.29. The summed E-state index contributed by atoms with van der Waals surface area (Å²) in [6.45, 7) is 5.43. The van der Waals surface area contributed by atoms with Crippen molar-refractivity contribution in [2.75, 3.05) is 13.1 Å². The lowest BCUT2D eigenvalue weighted by molar-refractivity contribution is 0.00588. The zero-order valence-electron chi connectivity index (χ0n) is 10.8. The van der Waals surface area contributed by atoms with E-state index in [1.54, 1.807) is 4.90 Å². The molecule has 0 unspecified atom stereocenters. The van der Waals surface area contributed by atoms with Gasteiger partial charge in [-0.3, -0.25) is 4.79 Å². The van der Waals surface area contributed by atoms with Crippen molar-refractivity contribution in [2.24, 2.45) is 0 Å². The molecule has 1 aliphatic heterocycles. The minimum Gasteiger partial charge on any atom is -0.389 e. The van der Waals surface area contributed by atoms with Crippen LogP contribution in [0.2, 0.25) is 0 Å². The Labute approximate surface area is 107 Å². The first-order valence-electron chi connectivity index (χ1n) is 6.24. The van der Waals surface area contributed by atoms with Gasteiger partial charge in [-0.15, -0.1) is 0 Å². The summed E-state index contributed by atoms with van der Waals surface area (Å²) in [5, 5.41) is 9.17. The van der Waals surface area contributed by atoms with Gasteiger partial charge in [0, 0.05) is 18.7 Å². The lowest BCUT2D eigenvalue weighted by Gasteiger charge is -2.35. The van der Waals surface area contributed by atoms with Crippen LogP contribution in [-0.2, 0) is 11.3 Å². The van der Waals surface area contributed by atoms with E-state index in [-0.39, 0.29) is 18.1 Å². The smallest absolute Gasteiger partial charge is 0.254 e. The second kappa shape index (κ2) is 5.50. The molecule has 4 heteroatoms. The first-order chi connectivity index (χ1) is 8.56. The maximum absolute atomic E-state index is 11.9. The van der Waals surface area contributed by atoms with Crippen LogP contribution in [0.3, 0.4) is 0 Å². The Balaban J connectivity index is 1.93. The number of carbonyl (C=O) groups excluding carboxylic acids is 1. The summed E-state index contributed by atoms with van der Waals surface area (Å²) in [4.78, 5) is 13.6. The Hall–Kier alpha value is -1.39. The molecule has 0 radical (unpaired) electrons. The van der Waals surface area contributed by atoms with E-state index in [1.165, 1.54) is 0 Å². The van der Waals surface area contributed by atoms with Crippen molar-refractivity contribution in [1.29, 1.82) is 0 Å². The molecule has 1 saturated heterocycles. The largest absolute Gasteiger partial charge is 0.389 e. The molecule has 1 aromatic rings. The summed E-state index contributed by atoms with van der Waals surface area (Å²) in [5.41, 5.74) is 1.72. The summed E-state index contributed by atoms with van der Waals surface area (Å²) in [5.74, 6) is -0.0170. The van der Waals surface area contributed by atoms with Crippen LogP contribution in [0.1, 0.15) is 29.8 Å².